The Kier molecular flexibility index (Phi) is 5.06. The molecule has 1 atom stereocenters. The molecule has 0 spiro atoms. The van der Waals surface area contributed by atoms with Crippen LogP contribution in [0.15, 0.2) is 24.3 Å². The summed E-state index contributed by atoms with van der Waals surface area (Å²) >= 11 is 0. The Labute approximate surface area is 124 Å². The van der Waals surface area contributed by atoms with E-state index in [0.717, 1.165) is 17.7 Å². The van der Waals surface area contributed by atoms with E-state index in [-0.39, 0.29) is 24.3 Å². The van der Waals surface area contributed by atoms with Gasteiger partial charge in [-0.1, -0.05) is 25.1 Å². The number of carbonyl (C=O) groups excluding carboxylic acids is 1. The standard InChI is InChI=1S/C14H20N2O4S/c1-2-11-5-3-4-6-13(11)20-10-15-14(17)16-12-7-8-21(18,19)9-12/h3-6,12H,2,7-10H2,1H3,(H2,15,16,17). The van der Waals surface area contributed by atoms with Gasteiger partial charge in [-0.3, -0.25) is 0 Å². The maximum atomic E-state index is 11.7. The van der Waals surface area contributed by atoms with Crippen LogP contribution in [0.3, 0.4) is 0 Å². The second kappa shape index (κ2) is 6.80. The summed E-state index contributed by atoms with van der Waals surface area (Å²) in [5.74, 6) is 0.891. The van der Waals surface area contributed by atoms with E-state index in [9.17, 15) is 13.2 Å². The number of carbonyl (C=O) groups is 1. The molecule has 0 saturated carbocycles. The van der Waals surface area contributed by atoms with Crippen LogP contribution in [0, 0.1) is 0 Å². The van der Waals surface area contributed by atoms with E-state index in [1.807, 2.05) is 31.2 Å². The fraction of sp³-hybridized carbons (Fsp3) is 0.500. The molecule has 1 heterocycles. The van der Waals surface area contributed by atoms with E-state index >= 15 is 0 Å². The highest BCUT2D eigenvalue weighted by molar-refractivity contribution is 7.91. The van der Waals surface area contributed by atoms with E-state index in [0.29, 0.717) is 6.42 Å². The third-order valence-corrected chi connectivity index (χ3v) is 5.15. The molecule has 1 aromatic rings. The zero-order valence-corrected chi connectivity index (χ0v) is 12.8. The van der Waals surface area contributed by atoms with Crippen molar-refractivity contribution in [1.29, 1.82) is 0 Å². The number of para-hydroxylation sites is 1. The lowest BCUT2D eigenvalue weighted by Gasteiger charge is -2.14. The lowest BCUT2D eigenvalue weighted by Crippen LogP contribution is -2.43. The van der Waals surface area contributed by atoms with Gasteiger partial charge < -0.3 is 15.4 Å². The van der Waals surface area contributed by atoms with E-state index in [1.54, 1.807) is 0 Å². The quantitative estimate of drug-likeness (QED) is 0.797. The van der Waals surface area contributed by atoms with Crippen molar-refractivity contribution >= 4 is 15.9 Å². The van der Waals surface area contributed by atoms with Gasteiger partial charge in [-0.25, -0.2) is 13.2 Å². The SMILES string of the molecule is CCc1ccccc1OCNC(=O)NC1CCS(=O)(=O)C1. The average Bonchev–Trinajstić information content (AvgIpc) is 2.78. The lowest BCUT2D eigenvalue weighted by atomic mass is 10.1. The average molecular weight is 312 g/mol. The number of sulfone groups is 1. The molecular weight excluding hydrogens is 292 g/mol. The smallest absolute Gasteiger partial charge is 0.317 e. The number of urea groups is 1. The van der Waals surface area contributed by atoms with E-state index in [2.05, 4.69) is 10.6 Å². The number of aryl methyl sites for hydroxylation is 1. The summed E-state index contributed by atoms with van der Waals surface area (Å²) in [5.41, 5.74) is 1.07. The van der Waals surface area contributed by atoms with E-state index in [1.165, 1.54) is 0 Å². The van der Waals surface area contributed by atoms with Crippen molar-refractivity contribution in [2.75, 3.05) is 18.2 Å². The summed E-state index contributed by atoms with van der Waals surface area (Å²) < 4.78 is 28.1. The van der Waals surface area contributed by atoms with Gasteiger partial charge >= 0.3 is 6.03 Å². The van der Waals surface area contributed by atoms with Gasteiger partial charge in [-0.15, -0.1) is 0 Å². The van der Waals surface area contributed by atoms with Crippen LogP contribution >= 0.6 is 0 Å². The third kappa shape index (κ3) is 4.63. The Morgan fingerprint density at radius 2 is 2.14 bits per heavy atom. The molecule has 21 heavy (non-hydrogen) atoms. The van der Waals surface area contributed by atoms with Crippen LogP contribution in [-0.2, 0) is 16.3 Å². The molecule has 0 aliphatic carbocycles. The van der Waals surface area contributed by atoms with Crippen molar-refractivity contribution in [2.24, 2.45) is 0 Å². The molecule has 2 N–H and O–H groups in total. The summed E-state index contributed by atoms with van der Waals surface area (Å²) in [6.45, 7) is 2.07. The van der Waals surface area contributed by atoms with Crippen molar-refractivity contribution < 1.29 is 17.9 Å². The van der Waals surface area contributed by atoms with Gasteiger partial charge in [0.15, 0.2) is 16.6 Å². The first-order valence-electron chi connectivity index (χ1n) is 6.95. The molecule has 0 bridgehead atoms. The number of hydrogen-bond donors (Lipinski definition) is 2. The van der Waals surface area contributed by atoms with Gasteiger partial charge in [0.05, 0.1) is 11.5 Å². The second-order valence-corrected chi connectivity index (χ2v) is 7.23. The van der Waals surface area contributed by atoms with Crippen molar-refractivity contribution in [3.05, 3.63) is 29.8 Å². The van der Waals surface area contributed by atoms with Crippen LogP contribution in [0.2, 0.25) is 0 Å². The number of benzene rings is 1. The summed E-state index contributed by atoms with van der Waals surface area (Å²) in [7, 11) is -2.99. The highest BCUT2D eigenvalue weighted by Gasteiger charge is 2.28. The summed E-state index contributed by atoms with van der Waals surface area (Å²) in [6.07, 6.45) is 1.32. The van der Waals surface area contributed by atoms with E-state index < -0.39 is 15.9 Å². The van der Waals surface area contributed by atoms with Gasteiger partial charge in [0.1, 0.15) is 5.75 Å². The minimum Gasteiger partial charge on any atom is -0.473 e. The molecule has 1 aliphatic rings. The molecule has 6 nitrogen and oxygen atoms in total. The minimum absolute atomic E-state index is 0.0138. The monoisotopic (exact) mass is 312 g/mol. The Hall–Kier alpha value is -1.76. The second-order valence-electron chi connectivity index (χ2n) is 5.00. The van der Waals surface area contributed by atoms with Crippen LogP contribution in [-0.4, -0.2) is 38.7 Å². The van der Waals surface area contributed by atoms with Gasteiger partial charge in [0.25, 0.3) is 0 Å². The van der Waals surface area contributed by atoms with Crippen molar-refractivity contribution in [3.63, 3.8) is 0 Å². The maximum Gasteiger partial charge on any atom is 0.317 e. The molecule has 2 amide bonds. The first kappa shape index (κ1) is 15.6. The molecule has 2 rings (SSSR count). The van der Waals surface area contributed by atoms with Gasteiger partial charge in [0, 0.05) is 6.04 Å². The summed E-state index contributed by atoms with van der Waals surface area (Å²) in [5, 5.41) is 5.21. The molecule has 7 heteroatoms. The number of nitrogens with one attached hydrogen (secondary N) is 2. The van der Waals surface area contributed by atoms with Crippen molar-refractivity contribution in [3.8, 4) is 5.75 Å². The summed E-state index contributed by atoms with van der Waals surface area (Å²) in [4.78, 5) is 11.7. The zero-order valence-electron chi connectivity index (χ0n) is 12.0. The molecule has 1 aromatic carbocycles. The van der Waals surface area contributed by atoms with E-state index in [4.69, 9.17) is 4.74 Å². The first-order chi connectivity index (χ1) is 10.00. The molecule has 0 aromatic heterocycles. The maximum absolute atomic E-state index is 11.7. The topological polar surface area (TPSA) is 84.5 Å². The Morgan fingerprint density at radius 3 is 2.81 bits per heavy atom. The van der Waals surface area contributed by atoms with Gasteiger partial charge in [-0.2, -0.15) is 0 Å². The minimum atomic E-state index is -2.99. The Morgan fingerprint density at radius 1 is 1.38 bits per heavy atom. The number of ether oxygens (including phenoxy) is 1. The number of rotatable bonds is 5. The Balaban J connectivity index is 1.75. The lowest BCUT2D eigenvalue weighted by molar-refractivity contribution is 0.221. The largest absolute Gasteiger partial charge is 0.473 e. The Bertz CT molecular complexity index is 601. The molecule has 116 valence electrons. The predicted molar refractivity (Wildman–Crippen MR) is 80.0 cm³/mol. The first-order valence-corrected chi connectivity index (χ1v) is 8.78. The predicted octanol–water partition coefficient (Wildman–Crippen LogP) is 1.07. The van der Waals surface area contributed by atoms with Crippen molar-refractivity contribution in [1.82, 2.24) is 10.6 Å². The fourth-order valence-electron chi connectivity index (χ4n) is 2.26. The molecule has 1 unspecified atom stereocenters. The fourth-order valence-corrected chi connectivity index (χ4v) is 3.93. The molecule has 1 aliphatic heterocycles. The molecule has 1 fully saturated rings. The van der Waals surface area contributed by atoms with Crippen LogP contribution < -0.4 is 15.4 Å². The van der Waals surface area contributed by atoms with Gasteiger partial charge in [-0.05, 0) is 24.5 Å². The molecular formula is C14H20N2O4S. The van der Waals surface area contributed by atoms with Crippen molar-refractivity contribution in [2.45, 2.75) is 25.8 Å². The third-order valence-electron chi connectivity index (χ3n) is 3.38. The normalized spacial score (nSPS) is 20.0. The zero-order chi connectivity index (χ0) is 15.3. The highest BCUT2D eigenvalue weighted by atomic mass is 32.2. The van der Waals surface area contributed by atoms with Crippen LogP contribution in [0.4, 0.5) is 4.79 Å². The number of amides is 2. The number of hydrogen-bond acceptors (Lipinski definition) is 4. The van der Waals surface area contributed by atoms with Crippen LogP contribution in [0.25, 0.3) is 0 Å². The van der Waals surface area contributed by atoms with Gasteiger partial charge in [0.2, 0.25) is 0 Å². The molecule has 1 saturated heterocycles. The highest BCUT2D eigenvalue weighted by Crippen LogP contribution is 2.17. The molecule has 0 radical (unpaired) electrons. The van der Waals surface area contributed by atoms with Crippen LogP contribution in [0.5, 0.6) is 5.75 Å². The van der Waals surface area contributed by atoms with Crippen LogP contribution in [0.1, 0.15) is 18.9 Å². The summed E-state index contributed by atoms with van der Waals surface area (Å²) in [6, 6.07) is 6.91.